The van der Waals surface area contributed by atoms with Crippen molar-refractivity contribution in [3.63, 3.8) is 0 Å². The van der Waals surface area contributed by atoms with Crippen LogP contribution in [0.25, 0.3) is 0 Å². The third-order valence-electron chi connectivity index (χ3n) is 6.84. The Labute approximate surface area is 139 Å². The molecule has 0 radical (unpaired) electrons. The van der Waals surface area contributed by atoms with Crippen LogP contribution in [0.15, 0.2) is 9.98 Å². The normalized spacial score (nSPS) is 29.4. The van der Waals surface area contributed by atoms with Gasteiger partial charge in [0.2, 0.25) is 12.2 Å². The molecule has 0 amide bonds. The number of aliphatic imine (C=N–C) groups is 2. The summed E-state index contributed by atoms with van der Waals surface area (Å²) in [6.07, 6.45) is 15.9. The summed E-state index contributed by atoms with van der Waals surface area (Å²) >= 11 is 0. The molecule has 4 heteroatoms. The fourth-order valence-electron chi connectivity index (χ4n) is 5.49. The molecule has 2 aliphatic rings. The first-order chi connectivity index (χ1) is 11.2. The second-order valence-corrected chi connectivity index (χ2v) is 7.44. The Bertz CT molecular complexity index is 452. The van der Waals surface area contributed by atoms with Crippen LogP contribution >= 0.6 is 0 Å². The van der Waals surface area contributed by atoms with E-state index in [1.807, 2.05) is 0 Å². The van der Waals surface area contributed by atoms with Gasteiger partial charge in [0.05, 0.1) is 0 Å². The Kier molecular flexibility index (Phi) is 6.33. The summed E-state index contributed by atoms with van der Waals surface area (Å²) < 4.78 is 0. The number of nitrogens with zero attached hydrogens (tertiary/aromatic N) is 2. The van der Waals surface area contributed by atoms with Gasteiger partial charge in [0.15, 0.2) is 5.66 Å². The van der Waals surface area contributed by atoms with Gasteiger partial charge in [0.1, 0.15) is 0 Å². The second-order valence-electron chi connectivity index (χ2n) is 7.44. The van der Waals surface area contributed by atoms with Gasteiger partial charge < -0.3 is 0 Å². The first-order valence-electron chi connectivity index (χ1n) is 9.34. The highest BCUT2D eigenvalue weighted by Crippen LogP contribution is 2.54. The zero-order valence-corrected chi connectivity index (χ0v) is 14.6. The van der Waals surface area contributed by atoms with Gasteiger partial charge >= 0.3 is 0 Å². The molecule has 0 saturated heterocycles. The smallest absolute Gasteiger partial charge is 0.211 e. The number of hydrogen-bond acceptors (Lipinski definition) is 4. The molecule has 0 N–H and O–H groups in total. The molecule has 2 aliphatic carbocycles. The maximum Gasteiger partial charge on any atom is 0.237 e. The van der Waals surface area contributed by atoms with Crippen molar-refractivity contribution >= 4 is 12.2 Å². The van der Waals surface area contributed by atoms with Crippen molar-refractivity contribution in [3.05, 3.63) is 0 Å². The van der Waals surface area contributed by atoms with E-state index >= 15 is 0 Å². The summed E-state index contributed by atoms with van der Waals surface area (Å²) in [5.74, 6) is 1.48. The summed E-state index contributed by atoms with van der Waals surface area (Å²) in [5, 5.41) is 0. The summed E-state index contributed by atoms with van der Waals surface area (Å²) in [5.41, 5.74) is -0.470. The van der Waals surface area contributed by atoms with Crippen LogP contribution in [0.3, 0.4) is 0 Å². The molecular formula is C19H30N2O2. The van der Waals surface area contributed by atoms with E-state index in [0.717, 1.165) is 18.8 Å². The Balaban J connectivity index is 2.16. The van der Waals surface area contributed by atoms with Crippen molar-refractivity contribution in [1.29, 1.82) is 0 Å². The van der Waals surface area contributed by atoms with Gasteiger partial charge in [-0.25, -0.2) is 9.59 Å². The summed E-state index contributed by atoms with van der Waals surface area (Å²) in [7, 11) is 0. The number of hydrogen-bond donors (Lipinski definition) is 0. The predicted molar refractivity (Wildman–Crippen MR) is 90.5 cm³/mol. The molecule has 0 aliphatic heterocycles. The molecule has 0 spiro atoms. The van der Waals surface area contributed by atoms with Crippen molar-refractivity contribution in [2.45, 2.75) is 90.1 Å². The Morgan fingerprint density at radius 2 is 1.35 bits per heavy atom. The molecular weight excluding hydrogens is 288 g/mol. The van der Waals surface area contributed by atoms with Gasteiger partial charge in [-0.05, 0) is 68.6 Å². The molecule has 0 aromatic carbocycles. The zero-order valence-electron chi connectivity index (χ0n) is 14.6. The van der Waals surface area contributed by atoms with Crippen molar-refractivity contribution in [2.75, 3.05) is 0 Å². The SMILES string of the molecule is CCC(CC)(C1CCCCC1)C1CCC(N=C=O)(N=C=O)CC1. The molecule has 0 unspecified atom stereocenters. The minimum atomic E-state index is -0.875. The number of carbonyl (C=O) groups excluding carboxylic acids is 2. The van der Waals surface area contributed by atoms with Crippen LogP contribution in [0.2, 0.25) is 0 Å². The van der Waals surface area contributed by atoms with E-state index in [2.05, 4.69) is 23.8 Å². The van der Waals surface area contributed by atoms with E-state index in [0.29, 0.717) is 24.2 Å². The highest BCUT2D eigenvalue weighted by atomic mass is 16.1. The molecule has 0 atom stereocenters. The fraction of sp³-hybridized carbons (Fsp3) is 0.895. The Morgan fingerprint density at radius 3 is 1.78 bits per heavy atom. The van der Waals surface area contributed by atoms with Crippen LogP contribution < -0.4 is 0 Å². The minimum Gasteiger partial charge on any atom is -0.211 e. The van der Waals surface area contributed by atoms with E-state index in [4.69, 9.17) is 0 Å². The van der Waals surface area contributed by atoms with Gasteiger partial charge in [-0.2, -0.15) is 9.98 Å². The average Bonchev–Trinajstić information content (AvgIpc) is 2.59. The van der Waals surface area contributed by atoms with E-state index in [1.165, 1.54) is 44.9 Å². The lowest BCUT2D eigenvalue weighted by Gasteiger charge is -2.50. The lowest BCUT2D eigenvalue weighted by molar-refractivity contribution is 0.00348. The molecule has 0 bridgehead atoms. The van der Waals surface area contributed by atoms with Crippen LogP contribution in [0.1, 0.15) is 84.5 Å². The average molecular weight is 318 g/mol. The molecule has 2 rings (SSSR count). The second kappa shape index (κ2) is 8.04. The highest BCUT2D eigenvalue weighted by Gasteiger charge is 2.46. The molecule has 0 aromatic heterocycles. The van der Waals surface area contributed by atoms with Crippen LogP contribution in [0, 0.1) is 17.3 Å². The number of isocyanates is 2. The minimum absolute atomic E-state index is 0.405. The fourth-order valence-corrected chi connectivity index (χ4v) is 5.49. The molecule has 4 nitrogen and oxygen atoms in total. The third-order valence-corrected chi connectivity index (χ3v) is 6.84. The number of rotatable bonds is 6. The lowest BCUT2D eigenvalue weighted by Crippen LogP contribution is -2.43. The maximum absolute atomic E-state index is 10.7. The van der Waals surface area contributed by atoms with E-state index in [1.54, 1.807) is 12.2 Å². The van der Waals surface area contributed by atoms with Gasteiger partial charge in [0.25, 0.3) is 0 Å². The van der Waals surface area contributed by atoms with Crippen molar-refractivity contribution in [2.24, 2.45) is 27.2 Å². The van der Waals surface area contributed by atoms with Crippen LogP contribution in [-0.2, 0) is 9.59 Å². The van der Waals surface area contributed by atoms with Crippen molar-refractivity contribution < 1.29 is 9.59 Å². The summed E-state index contributed by atoms with van der Waals surface area (Å²) in [6.45, 7) is 4.68. The van der Waals surface area contributed by atoms with E-state index in [-0.39, 0.29) is 0 Å². The van der Waals surface area contributed by atoms with Gasteiger partial charge in [0, 0.05) is 0 Å². The molecule has 23 heavy (non-hydrogen) atoms. The van der Waals surface area contributed by atoms with Gasteiger partial charge in [-0.3, -0.25) is 0 Å². The van der Waals surface area contributed by atoms with Crippen LogP contribution in [0.4, 0.5) is 0 Å². The monoisotopic (exact) mass is 318 g/mol. The molecule has 2 fully saturated rings. The van der Waals surface area contributed by atoms with Crippen molar-refractivity contribution in [3.8, 4) is 0 Å². The summed E-state index contributed by atoms with van der Waals surface area (Å²) in [4.78, 5) is 29.1. The highest BCUT2D eigenvalue weighted by molar-refractivity contribution is 5.39. The van der Waals surface area contributed by atoms with Gasteiger partial charge in [-0.1, -0.05) is 33.1 Å². The Hall–Kier alpha value is -1.24. The summed E-state index contributed by atoms with van der Waals surface area (Å²) in [6, 6.07) is 0. The topological polar surface area (TPSA) is 58.9 Å². The van der Waals surface area contributed by atoms with E-state index < -0.39 is 5.66 Å². The quantitative estimate of drug-likeness (QED) is 0.515. The zero-order chi connectivity index (χ0) is 16.8. The van der Waals surface area contributed by atoms with E-state index in [9.17, 15) is 9.59 Å². The predicted octanol–water partition coefficient (Wildman–Crippen LogP) is 4.93. The standard InChI is InChI=1S/C19H30N2O2/c1-3-18(4-2,16-8-6-5-7-9-16)17-10-12-19(13-11-17,20-14-22)21-15-23/h16-17H,3-13H2,1-2H3. The van der Waals surface area contributed by atoms with Crippen molar-refractivity contribution in [1.82, 2.24) is 0 Å². The van der Waals surface area contributed by atoms with Crippen LogP contribution in [0.5, 0.6) is 0 Å². The molecule has 0 heterocycles. The maximum atomic E-state index is 10.7. The van der Waals surface area contributed by atoms with Crippen LogP contribution in [-0.4, -0.2) is 17.8 Å². The first kappa shape index (κ1) is 18.1. The molecule has 0 aromatic rings. The molecule has 128 valence electrons. The molecule has 2 saturated carbocycles. The largest absolute Gasteiger partial charge is 0.237 e. The third kappa shape index (κ3) is 3.65. The van der Waals surface area contributed by atoms with Gasteiger partial charge in [-0.15, -0.1) is 0 Å². The first-order valence-corrected chi connectivity index (χ1v) is 9.34. The lowest BCUT2D eigenvalue weighted by atomic mass is 9.56. The Morgan fingerprint density at radius 1 is 0.870 bits per heavy atom.